The fraction of sp³-hybridized carbons (Fsp3) is 0.417. The Bertz CT molecular complexity index is 885. The molecule has 2 aromatic carbocycles. The smallest absolute Gasteiger partial charge is 0.206 e. The van der Waals surface area contributed by atoms with E-state index >= 15 is 0 Å². The van der Waals surface area contributed by atoms with Crippen molar-refractivity contribution in [1.82, 2.24) is 0 Å². The first kappa shape index (κ1) is 22.8. The van der Waals surface area contributed by atoms with Gasteiger partial charge in [0.2, 0.25) is 0 Å². The fourth-order valence-corrected chi connectivity index (χ4v) is 4.28. The molecule has 0 atom stereocenters. The predicted octanol–water partition coefficient (Wildman–Crippen LogP) is 8.62. The molecule has 1 aliphatic rings. The van der Waals surface area contributed by atoms with Crippen LogP contribution in [-0.4, -0.2) is 6.18 Å². The van der Waals surface area contributed by atoms with Gasteiger partial charge in [-0.3, -0.25) is 0 Å². The molecule has 1 aliphatic carbocycles. The number of benzene rings is 2. The highest BCUT2D eigenvalue weighted by Crippen LogP contribution is 2.33. The third-order valence-corrected chi connectivity index (χ3v) is 6.15. The molecule has 30 heavy (non-hydrogen) atoms. The van der Waals surface area contributed by atoms with Gasteiger partial charge in [-0.1, -0.05) is 56.3 Å². The van der Waals surface area contributed by atoms with Crippen LogP contribution < -0.4 is 0 Å². The second-order valence-corrected chi connectivity index (χ2v) is 8.61. The van der Waals surface area contributed by atoms with E-state index < -0.39 is 17.8 Å². The standard InChI is InChI=1S/C24H24ClF5/c1-15-2-4-16(5-3-15)6-7-17-8-9-19(22(26)12-17)18-13-21(25)20(23(27)14-18)10-11-24(28,29)30/h8-16H,2-7H2,1H3/b11-10+. The highest BCUT2D eigenvalue weighted by atomic mass is 35.5. The Labute approximate surface area is 178 Å². The molecule has 0 aromatic heterocycles. The molecule has 162 valence electrons. The molecule has 0 radical (unpaired) electrons. The zero-order valence-electron chi connectivity index (χ0n) is 16.7. The van der Waals surface area contributed by atoms with Crippen molar-refractivity contribution in [2.75, 3.05) is 0 Å². The molecule has 0 aliphatic heterocycles. The lowest BCUT2D eigenvalue weighted by atomic mass is 9.80. The monoisotopic (exact) mass is 442 g/mol. The topological polar surface area (TPSA) is 0 Å². The van der Waals surface area contributed by atoms with E-state index in [-0.39, 0.29) is 27.8 Å². The molecule has 0 nitrogen and oxygen atoms in total. The first-order chi connectivity index (χ1) is 14.1. The number of hydrogen-bond acceptors (Lipinski definition) is 0. The zero-order valence-corrected chi connectivity index (χ0v) is 17.5. The maximum absolute atomic E-state index is 14.7. The van der Waals surface area contributed by atoms with Gasteiger partial charge in [-0.15, -0.1) is 0 Å². The summed E-state index contributed by atoms with van der Waals surface area (Å²) in [5, 5.41) is -0.208. The third-order valence-electron chi connectivity index (χ3n) is 5.84. The number of aryl methyl sites for hydroxylation is 1. The number of alkyl halides is 3. The van der Waals surface area contributed by atoms with Gasteiger partial charge in [-0.2, -0.15) is 13.2 Å². The zero-order chi connectivity index (χ0) is 21.9. The van der Waals surface area contributed by atoms with Crippen molar-refractivity contribution in [3.63, 3.8) is 0 Å². The molecule has 0 saturated heterocycles. The lowest BCUT2D eigenvalue weighted by molar-refractivity contribution is -0.0790. The molecular formula is C24H24ClF5. The summed E-state index contributed by atoms with van der Waals surface area (Å²) in [7, 11) is 0. The summed E-state index contributed by atoms with van der Waals surface area (Å²) < 4.78 is 66.0. The second-order valence-electron chi connectivity index (χ2n) is 8.21. The molecule has 1 fully saturated rings. The van der Waals surface area contributed by atoms with Crippen LogP contribution in [0.2, 0.25) is 5.02 Å². The minimum absolute atomic E-state index is 0.0840. The predicted molar refractivity (Wildman–Crippen MR) is 111 cm³/mol. The van der Waals surface area contributed by atoms with E-state index in [1.165, 1.54) is 37.8 Å². The van der Waals surface area contributed by atoms with E-state index in [2.05, 4.69) is 6.92 Å². The van der Waals surface area contributed by atoms with Crippen molar-refractivity contribution < 1.29 is 22.0 Å². The lowest BCUT2D eigenvalue weighted by Gasteiger charge is -2.26. The summed E-state index contributed by atoms with van der Waals surface area (Å²) in [6.45, 7) is 2.28. The number of rotatable bonds is 5. The molecule has 6 heteroatoms. The van der Waals surface area contributed by atoms with Crippen molar-refractivity contribution in [3.05, 3.63) is 64.2 Å². The summed E-state index contributed by atoms with van der Waals surface area (Å²) in [5.41, 5.74) is 0.854. The maximum Gasteiger partial charge on any atom is 0.409 e. The van der Waals surface area contributed by atoms with Gasteiger partial charge in [0.05, 0.1) is 5.02 Å². The molecule has 0 heterocycles. The minimum atomic E-state index is -4.58. The van der Waals surface area contributed by atoms with Crippen LogP contribution in [0.25, 0.3) is 17.2 Å². The molecule has 2 aromatic rings. The average molecular weight is 443 g/mol. The summed E-state index contributed by atoms with van der Waals surface area (Å²) >= 11 is 5.96. The Hall–Kier alpha value is -1.88. The molecule has 0 unspecified atom stereocenters. The normalized spacial score (nSPS) is 20.1. The third kappa shape index (κ3) is 6.07. The van der Waals surface area contributed by atoms with E-state index in [4.69, 9.17) is 11.6 Å². The van der Waals surface area contributed by atoms with Crippen LogP contribution in [0.15, 0.2) is 36.4 Å². The van der Waals surface area contributed by atoms with Gasteiger partial charge in [-0.25, -0.2) is 8.78 Å². The van der Waals surface area contributed by atoms with Gasteiger partial charge < -0.3 is 0 Å². The van der Waals surface area contributed by atoms with Gasteiger partial charge in [0.15, 0.2) is 0 Å². The number of allylic oxidation sites excluding steroid dienone is 1. The molecule has 0 N–H and O–H groups in total. The van der Waals surface area contributed by atoms with Gasteiger partial charge in [-0.05, 0) is 60.1 Å². The van der Waals surface area contributed by atoms with Crippen LogP contribution in [0.3, 0.4) is 0 Å². The van der Waals surface area contributed by atoms with Crippen molar-refractivity contribution in [2.45, 2.75) is 51.6 Å². The number of hydrogen-bond donors (Lipinski definition) is 0. The van der Waals surface area contributed by atoms with Gasteiger partial charge in [0.25, 0.3) is 0 Å². The van der Waals surface area contributed by atoms with Crippen LogP contribution in [0.5, 0.6) is 0 Å². The largest absolute Gasteiger partial charge is 0.409 e. The van der Waals surface area contributed by atoms with E-state index in [0.717, 1.165) is 30.4 Å². The highest BCUT2D eigenvalue weighted by Gasteiger charge is 2.23. The van der Waals surface area contributed by atoms with Crippen LogP contribution >= 0.6 is 11.6 Å². The SMILES string of the molecule is CC1CCC(CCc2ccc(-c3cc(F)c(/C=C/C(F)(F)F)c(Cl)c3)c(F)c2)CC1. The molecule has 0 amide bonds. The molecule has 1 saturated carbocycles. The average Bonchev–Trinajstić information content (AvgIpc) is 2.66. The Kier molecular flexibility index (Phi) is 7.22. The van der Waals surface area contributed by atoms with E-state index in [1.54, 1.807) is 6.07 Å². The summed E-state index contributed by atoms with van der Waals surface area (Å²) in [6, 6.07) is 7.12. The fourth-order valence-electron chi connectivity index (χ4n) is 4.01. The summed E-state index contributed by atoms with van der Waals surface area (Å²) in [4.78, 5) is 0. The second kappa shape index (κ2) is 9.51. The first-order valence-electron chi connectivity index (χ1n) is 10.2. The summed E-state index contributed by atoms with van der Waals surface area (Å²) in [5.74, 6) is 0.0292. The van der Waals surface area contributed by atoms with Gasteiger partial charge in [0, 0.05) is 17.2 Å². The van der Waals surface area contributed by atoms with Crippen LogP contribution in [0, 0.1) is 23.5 Å². The van der Waals surface area contributed by atoms with Gasteiger partial charge >= 0.3 is 6.18 Å². The first-order valence-corrected chi connectivity index (χ1v) is 10.5. The van der Waals surface area contributed by atoms with Crippen molar-refractivity contribution in [3.8, 4) is 11.1 Å². The van der Waals surface area contributed by atoms with Crippen molar-refractivity contribution >= 4 is 17.7 Å². The quantitative estimate of drug-likeness (QED) is 0.406. The Morgan fingerprint density at radius 1 is 1.00 bits per heavy atom. The highest BCUT2D eigenvalue weighted by molar-refractivity contribution is 6.32. The molecular weight excluding hydrogens is 419 g/mol. The molecule has 0 bridgehead atoms. The molecule has 3 rings (SSSR count). The Balaban J connectivity index is 1.74. The van der Waals surface area contributed by atoms with Crippen LogP contribution in [0.1, 0.15) is 50.2 Å². The maximum atomic E-state index is 14.7. The van der Waals surface area contributed by atoms with E-state index in [0.29, 0.717) is 12.0 Å². The van der Waals surface area contributed by atoms with Crippen LogP contribution in [0.4, 0.5) is 22.0 Å². The summed E-state index contributed by atoms with van der Waals surface area (Å²) in [6.07, 6.45) is 2.65. The Morgan fingerprint density at radius 3 is 2.30 bits per heavy atom. The minimum Gasteiger partial charge on any atom is -0.206 e. The van der Waals surface area contributed by atoms with E-state index in [9.17, 15) is 22.0 Å². The van der Waals surface area contributed by atoms with Crippen LogP contribution in [-0.2, 0) is 6.42 Å². The van der Waals surface area contributed by atoms with Crippen molar-refractivity contribution in [2.24, 2.45) is 11.8 Å². The number of halogens is 6. The van der Waals surface area contributed by atoms with Gasteiger partial charge in [0.1, 0.15) is 11.6 Å². The van der Waals surface area contributed by atoms with E-state index in [1.807, 2.05) is 6.07 Å². The lowest BCUT2D eigenvalue weighted by Crippen LogP contribution is -2.12. The van der Waals surface area contributed by atoms with Crippen molar-refractivity contribution in [1.29, 1.82) is 0 Å². The molecule has 0 spiro atoms. The Morgan fingerprint density at radius 2 is 1.70 bits per heavy atom.